The Morgan fingerprint density at radius 1 is 0.588 bits per heavy atom. The van der Waals surface area contributed by atoms with Crippen molar-refractivity contribution in [2.75, 3.05) is 0 Å². The van der Waals surface area contributed by atoms with E-state index in [0.717, 1.165) is 25.7 Å². The van der Waals surface area contributed by atoms with Gasteiger partial charge in [0.15, 0.2) is 0 Å². The fourth-order valence-electron chi connectivity index (χ4n) is 4.94. The van der Waals surface area contributed by atoms with Crippen LogP contribution in [0.4, 0.5) is 0 Å². The van der Waals surface area contributed by atoms with E-state index in [9.17, 15) is 10.2 Å². The third-order valence-electron chi connectivity index (χ3n) is 5.86. The van der Waals surface area contributed by atoms with Gasteiger partial charge in [-0.15, -0.1) is 0 Å². The Morgan fingerprint density at radius 3 is 1.35 bits per heavy atom. The molecule has 3 heteroatoms. The lowest BCUT2D eigenvalue weighted by atomic mass is 9.92. The number of rotatable bonds is 2. The van der Waals surface area contributed by atoms with Gasteiger partial charge in [-0.05, 0) is 62.2 Å². The van der Waals surface area contributed by atoms with Gasteiger partial charge in [-0.25, -0.2) is 0 Å². The first-order chi connectivity index (χ1) is 8.20. The first-order valence-corrected chi connectivity index (χ1v) is 7.22. The highest BCUT2D eigenvalue weighted by Gasteiger charge is 2.50. The predicted molar refractivity (Wildman–Crippen MR) is 62.3 cm³/mol. The van der Waals surface area contributed by atoms with Crippen LogP contribution >= 0.6 is 0 Å². The van der Waals surface area contributed by atoms with Gasteiger partial charge in [0.1, 0.15) is 0 Å². The quantitative estimate of drug-likeness (QED) is 0.763. The van der Waals surface area contributed by atoms with E-state index in [1.165, 1.54) is 12.8 Å². The van der Waals surface area contributed by atoms with E-state index >= 15 is 0 Å². The largest absolute Gasteiger partial charge is 0.393 e. The zero-order valence-corrected chi connectivity index (χ0v) is 10.2. The average molecular weight is 238 g/mol. The Kier molecular flexibility index (Phi) is 2.34. The van der Waals surface area contributed by atoms with E-state index in [1.54, 1.807) is 0 Å². The minimum absolute atomic E-state index is 0.0540. The number of aliphatic hydroxyl groups excluding tert-OH is 2. The molecular weight excluding hydrogens is 216 g/mol. The molecule has 0 aromatic carbocycles. The van der Waals surface area contributed by atoms with Gasteiger partial charge in [0.2, 0.25) is 0 Å². The molecule has 8 unspecified atom stereocenters. The van der Waals surface area contributed by atoms with Crippen molar-refractivity contribution in [2.45, 2.75) is 62.9 Å². The van der Waals surface area contributed by atoms with Gasteiger partial charge >= 0.3 is 0 Å². The molecule has 96 valence electrons. The SMILES string of the molecule is OC1CC2CC1CC2OC1CC2CC1CC2O. The van der Waals surface area contributed by atoms with Crippen LogP contribution in [0, 0.1) is 23.7 Å². The lowest BCUT2D eigenvalue weighted by molar-refractivity contribution is -0.0843. The third kappa shape index (κ3) is 1.59. The molecule has 0 heterocycles. The average Bonchev–Trinajstić information content (AvgIpc) is 2.98. The van der Waals surface area contributed by atoms with E-state index in [-0.39, 0.29) is 12.2 Å². The Bertz CT molecular complexity index is 285. The van der Waals surface area contributed by atoms with Crippen LogP contribution in [0.5, 0.6) is 0 Å². The molecule has 3 nitrogen and oxygen atoms in total. The van der Waals surface area contributed by atoms with E-state index in [0.29, 0.717) is 35.9 Å². The molecule has 0 aliphatic heterocycles. The van der Waals surface area contributed by atoms with Gasteiger partial charge in [-0.1, -0.05) is 0 Å². The summed E-state index contributed by atoms with van der Waals surface area (Å²) in [5, 5.41) is 19.5. The fraction of sp³-hybridized carbons (Fsp3) is 1.00. The maximum absolute atomic E-state index is 9.75. The van der Waals surface area contributed by atoms with Crippen molar-refractivity contribution in [1.29, 1.82) is 0 Å². The number of hydrogen-bond acceptors (Lipinski definition) is 3. The molecule has 4 bridgehead atoms. The highest BCUT2D eigenvalue weighted by atomic mass is 16.5. The number of fused-ring (bicyclic) bond motifs is 4. The molecular formula is C14H22O3. The van der Waals surface area contributed by atoms with Gasteiger partial charge in [0, 0.05) is 0 Å². The molecule has 4 aliphatic rings. The lowest BCUT2D eigenvalue weighted by Gasteiger charge is -2.32. The number of aliphatic hydroxyl groups is 2. The summed E-state index contributed by atoms with van der Waals surface area (Å²) in [7, 11) is 0. The highest BCUT2D eigenvalue weighted by Crippen LogP contribution is 2.50. The first kappa shape index (κ1) is 10.8. The van der Waals surface area contributed by atoms with Crippen molar-refractivity contribution in [1.82, 2.24) is 0 Å². The Morgan fingerprint density at radius 2 is 1.06 bits per heavy atom. The second-order valence-electron chi connectivity index (χ2n) is 6.80. The topological polar surface area (TPSA) is 49.7 Å². The van der Waals surface area contributed by atoms with Crippen LogP contribution < -0.4 is 0 Å². The molecule has 4 saturated carbocycles. The molecule has 0 spiro atoms. The minimum atomic E-state index is -0.0540. The van der Waals surface area contributed by atoms with Gasteiger partial charge < -0.3 is 14.9 Å². The Labute approximate surface area is 102 Å². The van der Waals surface area contributed by atoms with Gasteiger partial charge in [-0.2, -0.15) is 0 Å². The molecule has 0 aromatic rings. The van der Waals surface area contributed by atoms with E-state index in [2.05, 4.69) is 0 Å². The molecule has 0 radical (unpaired) electrons. The summed E-state index contributed by atoms with van der Waals surface area (Å²) < 4.78 is 6.31. The fourth-order valence-corrected chi connectivity index (χ4v) is 4.94. The highest BCUT2D eigenvalue weighted by molar-refractivity contribution is 5.00. The van der Waals surface area contributed by atoms with Crippen LogP contribution in [0.1, 0.15) is 38.5 Å². The van der Waals surface area contributed by atoms with Crippen LogP contribution in [0.3, 0.4) is 0 Å². The first-order valence-electron chi connectivity index (χ1n) is 7.22. The van der Waals surface area contributed by atoms with Crippen molar-refractivity contribution >= 4 is 0 Å². The molecule has 4 aliphatic carbocycles. The van der Waals surface area contributed by atoms with E-state index in [4.69, 9.17) is 4.74 Å². The standard InChI is InChI=1S/C14H22O3/c15-11-3-9-1-7(11)5-13(9)17-14-6-8-2-10(14)4-12(8)16/h7-16H,1-6H2. The normalized spacial score (nSPS) is 60.4. The molecule has 0 amide bonds. The van der Waals surface area contributed by atoms with Gasteiger partial charge in [0.05, 0.1) is 24.4 Å². The van der Waals surface area contributed by atoms with Crippen molar-refractivity contribution in [3.8, 4) is 0 Å². The zero-order chi connectivity index (χ0) is 11.6. The van der Waals surface area contributed by atoms with E-state index < -0.39 is 0 Å². The summed E-state index contributed by atoms with van der Waals surface area (Å²) in [5.74, 6) is 2.24. The van der Waals surface area contributed by atoms with Crippen molar-refractivity contribution in [2.24, 2.45) is 23.7 Å². The van der Waals surface area contributed by atoms with Crippen LogP contribution in [-0.2, 0) is 4.74 Å². The van der Waals surface area contributed by atoms with Crippen molar-refractivity contribution in [3.05, 3.63) is 0 Å². The van der Waals surface area contributed by atoms with Gasteiger partial charge in [-0.3, -0.25) is 0 Å². The summed E-state index contributed by atoms with van der Waals surface area (Å²) in [5.41, 5.74) is 0. The van der Waals surface area contributed by atoms with Crippen LogP contribution in [0.25, 0.3) is 0 Å². The third-order valence-corrected chi connectivity index (χ3v) is 5.86. The van der Waals surface area contributed by atoms with Crippen molar-refractivity contribution in [3.63, 3.8) is 0 Å². The zero-order valence-electron chi connectivity index (χ0n) is 10.2. The second-order valence-corrected chi connectivity index (χ2v) is 6.80. The smallest absolute Gasteiger partial charge is 0.0611 e. The summed E-state index contributed by atoms with van der Waals surface area (Å²) in [6, 6.07) is 0. The molecule has 2 N–H and O–H groups in total. The molecule has 4 rings (SSSR count). The molecule has 0 aromatic heterocycles. The van der Waals surface area contributed by atoms with Crippen LogP contribution in [0.2, 0.25) is 0 Å². The lowest BCUT2D eigenvalue weighted by Crippen LogP contribution is -2.35. The predicted octanol–water partition coefficient (Wildman–Crippen LogP) is 1.32. The van der Waals surface area contributed by atoms with E-state index in [1.807, 2.05) is 0 Å². The number of hydrogen-bond donors (Lipinski definition) is 2. The maximum atomic E-state index is 9.75. The molecule has 8 atom stereocenters. The summed E-state index contributed by atoms with van der Waals surface area (Å²) in [6.45, 7) is 0. The van der Waals surface area contributed by atoms with Crippen LogP contribution in [-0.4, -0.2) is 34.6 Å². The Balaban J connectivity index is 1.38. The molecule has 17 heavy (non-hydrogen) atoms. The minimum Gasteiger partial charge on any atom is -0.393 e. The monoisotopic (exact) mass is 238 g/mol. The van der Waals surface area contributed by atoms with Gasteiger partial charge in [0.25, 0.3) is 0 Å². The number of ether oxygens (including phenoxy) is 1. The Hall–Kier alpha value is -0.120. The summed E-state index contributed by atoms with van der Waals surface area (Å²) in [6.07, 6.45) is 7.12. The summed E-state index contributed by atoms with van der Waals surface area (Å²) in [4.78, 5) is 0. The van der Waals surface area contributed by atoms with Crippen molar-refractivity contribution < 1.29 is 14.9 Å². The van der Waals surface area contributed by atoms with Crippen LogP contribution in [0.15, 0.2) is 0 Å². The second kappa shape index (κ2) is 3.69. The molecule has 0 saturated heterocycles. The molecule has 4 fully saturated rings. The summed E-state index contributed by atoms with van der Waals surface area (Å²) >= 11 is 0. The maximum Gasteiger partial charge on any atom is 0.0611 e.